The van der Waals surface area contributed by atoms with Gasteiger partial charge in [-0.15, -0.1) is 0 Å². The molecule has 2 atom stereocenters. The Morgan fingerprint density at radius 2 is 2.16 bits per heavy atom. The lowest BCUT2D eigenvalue weighted by molar-refractivity contribution is -0.127. The molecule has 0 saturated carbocycles. The first kappa shape index (κ1) is 15.4. The van der Waals surface area contributed by atoms with Gasteiger partial charge < -0.3 is 15.8 Å². The van der Waals surface area contributed by atoms with E-state index in [0.29, 0.717) is 17.9 Å². The Kier molecular flexibility index (Phi) is 5.76. The summed E-state index contributed by atoms with van der Waals surface area (Å²) in [6, 6.07) is 4.07. The predicted molar refractivity (Wildman–Crippen MR) is 72.4 cm³/mol. The summed E-state index contributed by atoms with van der Waals surface area (Å²) in [6.45, 7) is 5.90. The van der Waals surface area contributed by atoms with E-state index in [9.17, 15) is 9.18 Å². The highest BCUT2D eigenvalue weighted by molar-refractivity contribution is 5.80. The molecule has 0 spiro atoms. The Morgan fingerprint density at radius 3 is 2.68 bits per heavy atom. The van der Waals surface area contributed by atoms with Crippen molar-refractivity contribution in [3.63, 3.8) is 0 Å². The summed E-state index contributed by atoms with van der Waals surface area (Å²) in [5, 5.41) is 2.72. The van der Waals surface area contributed by atoms with Crippen molar-refractivity contribution in [2.45, 2.75) is 39.3 Å². The fraction of sp³-hybridized carbons (Fsp3) is 0.500. The van der Waals surface area contributed by atoms with E-state index < -0.39 is 11.9 Å². The molecule has 19 heavy (non-hydrogen) atoms. The average Bonchev–Trinajstić information content (AvgIpc) is 2.35. The Balaban J connectivity index is 2.67. The third-order valence-corrected chi connectivity index (χ3v) is 2.69. The highest BCUT2D eigenvalue weighted by Gasteiger charge is 2.15. The molecular formula is C14H21FN2O2. The van der Waals surface area contributed by atoms with Crippen LogP contribution >= 0.6 is 0 Å². The normalized spacial score (nSPS) is 13.7. The molecule has 1 aromatic carbocycles. The van der Waals surface area contributed by atoms with Gasteiger partial charge in [0, 0.05) is 24.2 Å². The quantitative estimate of drug-likeness (QED) is 0.830. The van der Waals surface area contributed by atoms with Crippen LogP contribution in [0.3, 0.4) is 0 Å². The van der Waals surface area contributed by atoms with Crippen molar-refractivity contribution in [3.05, 3.63) is 29.6 Å². The van der Waals surface area contributed by atoms with Gasteiger partial charge in [0.1, 0.15) is 11.6 Å². The number of carbonyl (C=O) groups is 1. The molecule has 0 fully saturated rings. The van der Waals surface area contributed by atoms with Gasteiger partial charge in [-0.05, 0) is 26.3 Å². The van der Waals surface area contributed by atoms with E-state index in [-0.39, 0.29) is 11.9 Å². The van der Waals surface area contributed by atoms with Gasteiger partial charge in [-0.1, -0.05) is 13.0 Å². The minimum absolute atomic E-state index is 0.210. The van der Waals surface area contributed by atoms with Crippen molar-refractivity contribution in [2.24, 2.45) is 5.73 Å². The first-order chi connectivity index (χ1) is 8.95. The fourth-order valence-electron chi connectivity index (χ4n) is 1.60. The van der Waals surface area contributed by atoms with Gasteiger partial charge in [0.05, 0.1) is 0 Å². The standard InChI is InChI=1S/C14H21FN2O2/c1-4-7-17-14(18)10(3)19-11-5-6-12(9(2)16)13(15)8-11/h5-6,8-10H,4,7,16H2,1-3H3,(H,17,18)/t9-,10?/m1/s1. The molecular weight excluding hydrogens is 247 g/mol. The lowest BCUT2D eigenvalue weighted by Gasteiger charge is -2.15. The van der Waals surface area contributed by atoms with Crippen molar-refractivity contribution in [2.75, 3.05) is 6.54 Å². The maximum Gasteiger partial charge on any atom is 0.260 e. The fourth-order valence-corrected chi connectivity index (χ4v) is 1.60. The summed E-state index contributed by atoms with van der Waals surface area (Å²) in [4.78, 5) is 11.6. The molecule has 1 amide bonds. The molecule has 1 unspecified atom stereocenters. The first-order valence-electron chi connectivity index (χ1n) is 6.45. The Hall–Kier alpha value is -1.62. The van der Waals surface area contributed by atoms with Gasteiger partial charge >= 0.3 is 0 Å². The lowest BCUT2D eigenvalue weighted by Crippen LogP contribution is -2.36. The maximum absolute atomic E-state index is 13.7. The van der Waals surface area contributed by atoms with Crippen LogP contribution in [-0.2, 0) is 4.79 Å². The topological polar surface area (TPSA) is 64.3 Å². The molecule has 0 aliphatic rings. The number of benzene rings is 1. The molecule has 1 rings (SSSR count). The number of rotatable bonds is 6. The molecule has 0 aliphatic heterocycles. The largest absolute Gasteiger partial charge is 0.481 e. The van der Waals surface area contributed by atoms with Gasteiger partial charge in [-0.25, -0.2) is 4.39 Å². The van der Waals surface area contributed by atoms with E-state index in [1.165, 1.54) is 6.07 Å². The van der Waals surface area contributed by atoms with Crippen LogP contribution in [0.1, 0.15) is 38.8 Å². The van der Waals surface area contributed by atoms with Crippen molar-refractivity contribution in [1.29, 1.82) is 0 Å². The third kappa shape index (κ3) is 4.52. The minimum Gasteiger partial charge on any atom is -0.481 e. The van der Waals surface area contributed by atoms with Crippen LogP contribution in [0.25, 0.3) is 0 Å². The Labute approximate surface area is 113 Å². The third-order valence-electron chi connectivity index (χ3n) is 2.69. The van der Waals surface area contributed by atoms with Crippen LogP contribution in [0, 0.1) is 5.82 Å². The Morgan fingerprint density at radius 1 is 1.47 bits per heavy atom. The molecule has 0 saturated heterocycles. The van der Waals surface area contributed by atoms with Gasteiger partial charge in [-0.2, -0.15) is 0 Å². The molecule has 1 aromatic rings. The van der Waals surface area contributed by atoms with Gasteiger partial charge in [0.2, 0.25) is 0 Å². The van der Waals surface area contributed by atoms with E-state index >= 15 is 0 Å². The number of nitrogens with two attached hydrogens (primary N) is 1. The zero-order valence-electron chi connectivity index (χ0n) is 11.6. The number of ether oxygens (including phenoxy) is 1. The highest BCUT2D eigenvalue weighted by atomic mass is 19.1. The smallest absolute Gasteiger partial charge is 0.260 e. The van der Waals surface area contributed by atoms with Crippen molar-refractivity contribution < 1.29 is 13.9 Å². The second-order valence-corrected chi connectivity index (χ2v) is 4.52. The van der Waals surface area contributed by atoms with Crippen LogP contribution in [0.5, 0.6) is 5.75 Å². The van der Waals surface area contributed by atoms with E-state index in [1.807, 2.05) is 6.92 Å². The van der Waals surface area contributed by atoms with Gasteiger partial charge in [0.15, 0.2) is 6.10 Å². The van der Waals surface area contributed by atoms with E-state index in [0.717, 1.165) is 6.42 Å². The monoisotopic (exact) mass is 268 g/mol. The second-order valence-electron chi connectivity index (χ2n) is 4.52. The second kappa shape index (κ2) is 7.09. The summed E-state index contributed by atoms with van der Waals surface area (Å²) >= 11 is 0. The molecule has 5 heteroatoms. The minimum atomic E-state index is -0.660. The number of hydrogen-bond donors (Lipinski definition) is 2. The zero-order valence-corrected chi connectivity index (χ0v) is 11.6. The molecule has 0 aliphatic carbocycles. The van der Waals surface area contributed by atoms with Crippen LogP contribution in [-0.4, -0.2) is 18.6 Å². The van der Waals surface area contributed by atoms with Crippen LogP contribution in [0.4, 0.5) is 4.39 Å². The van der Waals surface area contributed by atoms with Crippen LogP contribution in [0.15, 0.2) is 18.2 Å². The summed E-state index contributed by atoms with van der Waals surface area (Å²) in [5.74, 6) is -0.312. The van der Waals surface area contributed by atoms with Crippen LogP contribution < -0.4 is 15.8 Å². The summed E-state index contributed by atoms with van der Waals surface area (Å²) in [7, 11) is 0. The number of carbonyl (C=O) groups excluding carboxylic acids is 1. The summed E-state index contributed by atoms with van der Waals surface area (Å²) in [6.07, 6.45) is 0.197. The first-order valence-corrected chi connectivity index (χ1v) is 6.45. The number of nitrogens with one attached hydrogen (secondary N) is 1. The molecule has 3 N–H and O–H groups in total. The van der Waals surface area contributed by atoms with Gasteiger partial charge in [-0.3, -0.25) is 4.79 Å². The number of hydrogen-bond acceptors (Lipinski definition) is 3. The molecule has 0 heterocycles. The van der Waals surface area contributed by atoms with E-state index in [1.54, 1.807) is 26.0 Å². The SMILES string of the molecule is CCCNC(=O)C(C)Oc1ccc([C@@H](C)N)c(F)c1. The van der Waals surface area contributed by atoms with E-state index in [2.05, 4.69) is 5.32 Å². The predicted octanol–water partition coefficient (Wildman–Crippen LogP) is 2.14. The molecule has 106 valence electrons. The molecule has 0 aromatic heterocycles. The van der Waals surface area contributed by atoms with Crippen molar-refractivity contribution in [1.82, 2.24) is 5.32 Å². The summed E-state index contributed by atoms with van der Waals surface area (Å²) < 4.78 is 19.1. The van der Waals surface area contributed by atoms with Crippen molar-refractivity contribution in [3.8, 4) is 5.75 Å². The van der Waals surface area contributed by atoms with Crippen LogP contribution in [0.2, 0.25) is 0 Å². The lowest BCUT2D eigenvalue weighted by atomic mass is 10.1. The Bertz CT molecular complexity index is 435. The highest BCUT2D eigenvalue weighted by Crippen LogP contribution is 2.21. The van der Waals surface area contributed by atoms with Crippen molar-refractivity contribution >= 4 is 5.91 Å². The molecule has 4 nitrogen and oxygen atoms in total. The molecule has 0 radical (unpaired) electrons. The zero-order chi connectivity index (χ0) is 14.4. The summed E-state index contributed by atoms with van der Waals surface area (Å²) in [5.41, 5.74) is 6.05. The number of halogens is 1. The van der Waals surface area contributed by atoms with E-state index in [4.69, 9.17) is 10.5 Å². The van der Waals surface area contributed by atoms with Gasteiger partial charge in [0.25, 0.3) is 5.91 Å². The average molecular weight is 268 g/mol. The number of amides is 1. The molecule has 0 bridgehead atoms. The maximum atomic E-state index is 13.7.